The van der Waals surface area contributed by atoms with Gasteiger partial charge in [-0.15, -0.1) is 0 Å². The van der Waals surface area contributed by atoms with Crippen molar-refractivity contribution in [3.05, 3.63) is 83.7 Å². The minimum atomic E-state index is -0.185. The molecule has 1 unspecified atom stereocenters. The number of hydrogen-bond donors (Lipinski definition) is 0. The topological polar surface area (TPSA) is 39.2 Å². The Morgan fingerprint density at radius 1 is 1.04 bits per heavy atom. The van der Waals surface area contributed by atoms with Gasteiger partial charge >= 0.3 is 0 Å². The number of ketones is 1. The third-order valence-electron chi connectivity index (χ3n) is 4.62. The fourth-order valence-electron chi connectivity index (χ4n) is 3.18. The molecular weight excluding hydrogens is 310 g/mol. The van der Waals surface area contributed by atoms with E-state index in [0.29, 0.717) is 24.3 Å². The van der Waals surface area contributed by atoms with Gasteiger partial charge in [0.25, 0.3) is 0 Å². The highest BCUT2D eigenvalue weighted by atomic mass is 16.5. The van der Waals surface area contributed by atoms with Crippen molar-refractivity contribution in [3.8, 4) is 16.9 Å². The van der Waals surface area contributed by atoms with E-state index in [1.807, 2.05) is 36.4 Å². The molecule has 0 radical (unpaired) electrons. The number of carbonyl (C=O) groups excluding carboxylic acids is 1. The van der Waals surface area contributed by atoms with Crippen molar-refractivity contribution in [2.45, 2.75) is 13.3 Å². The maximum absolute atomic E-state index is 13.0. The molecule has 3 nitrogen and oxygen atoms in total. The maximum Gasteiger partial charge on any atom is 0.173 e. The van der Waals surface area contributed by atoms with E-state index in [1.54, 1.807) is 6.20 Å². The molecule has 2 aromatic carbocycles. The minimum Gasteiger partial charge on any atom is -0.492 e. The maximum atomic E-state index is 13.0. The summed E-state index contributed by atoms with van der Waals surface area (Å²) in [6, 6.07) is 20.0. The number of hydrogen-bond acceptors (Lipinski definition) is 3. The fourth-order valence-corrected chi connectivity index (χ4v) is 3.18. The summed E-state index contributed by atoms with van der Waals surface area (Å²) < 4.78 is 5.84. The van der Waals surface area contributed by atoms with Crippen LogP contribution < -0.4 is 4.74 Å². The summed E-state index contributed by atoms with van der Waals surface area (Å²) in [6.45, 7) is 2.47. The van der Waals surface area contributed by atoms with Gasteiger partial charge in [-0.05, 0) is 42.3 Å². The summed E-state index contributed by atoms with van der Waals surface area (Å²) in [7, 11) is 0. The first-order valence-electron chi connectivity index (χ1n) is 8.49. The lowest BCUT2D eigenvalue weighted by Gasteiger charge is -2.24. The highest BCUT2D eigenvalue weighted by Crippen LogP contribution is 2.32. The van der Waals surface area contributed by atoms with Crippen molar-refractivity contribution in [3.63, 3.8) is 0 Å². The number of Topliss-reactive ketones (excluding diaryl/α,β-unsaturated/α-hetero) is 1. The van der Waals surface area contributed by atoms with Gasteiger partial charge in [0.1, 0.15) is 5.75 Å². The molecule has 0 bridgehead atoms. The molecule has 0 aliphatic carbocycles. The van der Waals surface area contributed by atoms with Gasteiger partial charge < -0.3 is 4.74 Å². The molecule has 3 heteroatoms. The Hall–Kier alpha value is -2.94. The van der Waals surface area contributed by atoms with Crippen molar-refractivity contribution >= 4 is 5.78 Å². The SMILES string of the molecule is Cc1ccc(-c2ccc3c(c2)C(=O)C(Cc2ccccn2)CO3)cc1. The molecule has 1 aliphatic heterocycles. The normalized spacial score (nSPS) is 16.2. The number of carbonyl (C=O) groups is 1. The Bertz CT molecular complexity index is 901. The van der Waals surface area contributed by atoms with Crippen LogP contribution >= 0.6 is 0 Å². The second-order valence-electron chi connectivity index (χ2n) is 6.47. The van der Waals surface area contributed by atoms with Gasteiger partial charge in [0.05, 0.1) is 18.1 Å². The van der Waals surface area contributed by atoms with Gasteiger partial charge in [0, 0.05) is 18.3 Å². The van der Waals surface area contributed by atoms with E-state index in [9.17, 15) is 4.79 Å². The van der Waals surface area contributed by atoms with Crippen molar-refractivity contribution in [2.24, 2.45) is 5.92 Å². The van der Waals surface area contributed by atoms with Gasteiger partial charge in [0.15, 0.2) is 5.78 Å². The number of rotatable bonds is 3. The molecular formula is C22H19NO2. The van der Waals surface area contributed by atoms with Crippen LogP contribution in [0, 0.1) is 12.8 Å². The van der Waals surface area contributed by atoms with Crippen LogP contribution in [-0.4, -0.2) is 17.4 Å². The van der Waals surface area contributed by atoms with Gasteiger partial charge in [-0.3, -0.25) is 9.78 Å². The minimum absolute atomic E-state index is 0.140. The van der Waals surface area contributed by atoms with Crippen LogP contribution in [-0.2, 0) is 6.42 Å². The van der Waals surface area contributed by atoms with Crippen molar-refractivity contribution in [2.75, 3.05) is 6.61 Å². The summed E-state index contributed by atoms with van der Waals surface area (Å²) in [6.07, 6.45) is 2.36. The molecule has 0 spiro atoms. The summed E-state index contributed by atoms with van der Waals surface area (Å²) in [5, 5.41) is 0. The predicted molar refractivity (Wildman–Crippen MR) is 97.9 cm³/mol. The fraction of sp³-hybridized carbons (Fsp3) is 0.182. The van der Waals surface area contributed by atoms with E-state index in [2.05, 4.69) is 36.2 Å². The van der Waals surface area contributed by atoms with Crippen LogP contribution in [0.15, 0.2) is 66.9 Å². The van der Waals surface area contributed by atoms with E-state index < -0.39 is 0 Å². The number of fused-ring (bicyclic) bond motifs is 1. The van der Waals surface area contributed by atoms with E-state index in [0.717, 1.165) is 16.8 Å². The highest BCUT2D eigenvalue weighted by Gasteiger charge is 2.29. The largest absolute Gasteiger partial charge is 0.492 e. The van der Waals surface area contributed by atoms with E-state index in [4.69, 9.17) is 4.74 Å². The molecule has 1 aromatic heterocycles. The molecule has 0 saturated heterocycles. The Balaban J connectivity index is 1.63. The monoisotopic (exact) mass is 329 g/mol. The summed E-state index contributed by atoms with van der Waals surface area (Å²) in [5.41, 5.74) is 4.95. The second-order valence-corrected chi connectivity index (χ2v) is 6.47. The number of aromatic nitrogens is 1. The molecule has 0 fully saturated rings. The van der Waals surface area contributed by atoms with Crippen LogP contribution in [0.25, 0.3) is 11.1 Å². The molecule has 1 atom stereocenters. The molecule has 2 heterocycles. The van der Waals surface area contributed by atoms with E-state index >= 15 is 0 Å². The van der Waals surface area contributed by atoms with Crippen LogP contribution in [0.3, 0.4) is 0 Å². The quantitative estimate of drug-likeness (QED) is 0.710. The number of benzene rings is 2. The number of aryl methyl sites for hydroxylation is 1. The van der Waals surface area contributed by atoms with E-state index in [-0.39, 0.29) is 11.7 Å². The summed E-state index contributed by atoms with van der Waals surface area (Å²) >= 11 is 0. The van der Waals surface area contributed by atoms with Crippen molar-refractivity contribution in [1.29, 1.82) is 0 Å². The third-order valence-corrected chi connectivity index (χ3v) is 4.62. The molecule has 1 aliphatic rings. The van der Waals surface area contributed by atoms with Gasteiger partial charge in [-0.2, -0.15) is 0 Å². The number of nitrogens with zero attached hydrogens (tertiary/aromatic N) is 1. The molecule has 0 saturated carbocycles. The first kappa shape index (κ1) is 15.6. The molecule has 25 heavy (non-hydrogen) atoms. The van der Waals surface area contributed by atoms with Crippen LogP contribution in [0.2, 0.25) is 0 Å². The Kier molecular flexibility index (Phi) is 4.06. The van der Waals surface area contributed by atoms with Crippen LogP contribution in [0.5, 0.6) is 5.75 Å². The zero-order valence-electron chi connectivity index (χ0n) is 14.1. The molecule has 0 amide bonds. The average Bonchev–Trinajstić information content (AvgIpc) is 2.65. The van der Waals surface area contributed by atoms with Crippen molar-refractivity contribution < 1.29 is 9.53 Å². The van der Waals surface area contributed by atoms with Gasteiger partial charge in [0.2, 0.25) is 0 Å². The molecule has 0 N–H and O–H groups in total. The Labute approximate surface area is 147 Å². The summed E-state index contributed by atoms with van der Waals surface area (Å²) in [4.78, 5) is 17.3. The van der Waals surface area contributed by atoms with Gasteiger partial charge in [-0.25, -0.2) is 0 Å². The molecule has 3 aromatic rings. The zero-order valence-corrected chi connectivity index (χ0v) is 14.1. The second kappa shape index (κ2) is 6.52. The number of pyridine rings is 1. The first-order chi connectivity index (χ1) is 12.2. The zero-order chi connectivity index (χ0) is 17.2. The lowest BCUT2D eigenvalue weighted by atomic mass is 9.89. The predicted octanol–water partition coefficient (Wildman–Crippen LogP) is 4.49. The lowest BCUT2D eigenvalue weighted by Crippen LogP contribution is -2.29. The van der Waals surface area contributed by atoms with Crippen molar-refractivity contribution in [1.82, 2.24) is 4.98 Å². The smallest absolute Gasteiger partial charge is 0.173 e. The highest BCUT2D eigenvalue weighted by molar-refractivity contribution is 6.02. The lowest BCUT2D eigenvalue weighted by molar-refractivity contribution is 0.0829. The van der Waals surface area contributed by atoms with E-state index in [1.165, 1.54) is 5.56 Å². The van der Waals surface area contributed by atoms with Crippen LogP contribution in [0.4, 0.5) is 0 Å². The Morgan fingerprint density at radius 3 is 2.60 bits per heavy atom. The van der Waals surface area contributed by atoms with Crippen LogP contribution in [0.1, 0.15) is 21.6 Å². The first-order valence-corrected chi connectivity index (χ1v) is 8.49. The number of ether oxygens (including phenoxy) is 1. The molecule has 124 valence electrons. The standard InChI is InChI=1S/C22H19NO2/c1-15-5-7-16(8-6-15)17-9-10-21-20(13-17)22(24)18(14-25-21)12-19-4-2-3-11-23-19/h2-11,13,18H,12,14H2,1H3. The third kappa shape index (κ3) is 3.18. The average molecular weight is 329 g/mol. The van der Waals surface area contributed by atoms with Gasteiger partial charge in [-0.1, -0.05) is 42.0 Å². The Morgan fingerprint density at radius 2 is 1.84 bits per heavy atom. The summed E-state index contributed by atoms with van der Waals surface area (Å²) in [5.74, 6) is 0.634. The molecule has 4 rings (SSSR count).